The minimum atomic E-state index is -0.424. The Morgan fingerprint density at radius 2 is 2.03 bits per heavy atom. The molecule has 33 heavy (non-hydrogen) atoms. The number of hydrogen-bond donors (Lipinski definition) is 1. The van der Waals surface area contributed by atoms with Crippen molar-refractivity contribution in [1.82, 2.24) is 25.2 Å². The Balaban J connectivity index is 1.73. The van der Waals surface area contributed by atoms with Crippen LogP contribution in [0.3, 0.4) is 0 Å². The summed E-state index contributed by atoms with van der Waals surface area (Å²) >= 11 is 0. The molecule has 0 saturated carbocycles. The highest BCUT2D eigenvalue weighted by atomic mass is 16.5. The van der Waals surface area contributed by atoms with Crippen molar-refractivity contribution >= 4 is 16.6 Å². The smallest absolute Gasteiger partial charge is 0.254 e. The lowest BCUT2D eigenvalue weighted by atomic mass is 9.96. The fraction of sp³-hybridized carbons (Fsp3) is 0.360. The predicted molar refractivity (Wildman–Crippen MR) is 128 cm³/mol. The van der Waals surface area contributed by atoms with Crippen LogP contribution in [0.15, 0.2) is 47.3 Å². The molecular weight excluding hydrogens is 416 g/mol. The molecule has 0 saturated heterocycles. The molecule has 0 aliphatic carbocycles. The molecule has 8 nitrogen and oxygen atoms in total. The average Bonchev–Trinajstić information content (AvgIpc) is 3.27. The number of ether oxygens (including phenoxy) is 1. The van der Waals surface area contributed by atoms with Crippen molar-refractivity contribution in [3.8, 4) is 0 Å². The highest BCUT2D eigenvalue weighted by Crippen LogP contribution is 2.36. The van der Waals surface area contributed by atoms with Gasteiger partial charge in [-0.15, -0.1) is 5.10 Å². The van der Waals surface area contributed by atoms with Gasteiger partial charge in [0, 0.05) is 24.9 Å². The van der Waals surface area contributed by atoms with Gasteiger partial charge >= 0.3 is 0 Å². The Bertz CT molecular complexity index is 1360. The standard InChI is InChI=1S/C25H28N6O2/c1-16-13-17(2)22-19(14-16)15-20(25(32)26-22)23(24-27-28-29-31(24)11-12-33-3)30-10-6-8-18-7-4-5-9-21(18)30/h4-5,7,9,13-15,23H,6,8,10-12H2,1-3H3,(H,26,32)/t23-/m1/s1. The first kappa shape index (κ1) is 21.3. The molecule has 8 heteroatoms. The van der Waals surface area contributed by atoms with Gasteiger partial charge in [0.25, 0.3) is 5.56 Å². The lowest BCUT2D eigenvalue weighted by Gasteiger charge is -2.37. The molecule has 1 aliphatic heterocycles. The number of pyridine rings is 1. The normalized spacial score (nSPS) is 14.5. The van der Waals surface area contributed by atoms with E-state index in [0.717, 1.165) is 47.1 Å². The number of anilines is 1. The van der Waals surface area contributed by atoms with Gasteiger partial charge in [-0.1, -0.05) is 29.8 Å². The molecular formula is C25H28N6O2. The Kier molecular flexibility index (Phi) is 5.68. The maximum absolute atomic E-state index is 13.5. The molecule has 1 aliphatic rings. The van der Waals surface area contributed by atoms with E-state index >= 15 is 0 Å². The fourth-order valence-electron chi connectivity index (χ4n) is 4.93. The quantitative estimate of drug-likeness (QED) is 0.491. The molecule has 0 bridgehead atoms. The van der Waals surface area contributed by atoms with Gasteiger partial charge < -0.3 is 14.6 Å². The first-order valence-corrected chi connectivity index (χ1v) is 11.3. The minimum Gasteiger partial charge on any atom is -0.383 e. The lowest BCUT2D eigenvalue weighted by Crippen LogP contribution is -2.38. The van der Waals surface area contributed by atoms with Crippen molar-refractivity contribution in [1.29, 1.82) is 0 Å². The lowest BCUT2D eigenvalue weighted by molar-refractivity contribution is 0.181. The first-order valence-electron chi connectivity index (χ1n) is 11.3. The summed E-state index contributed by atoms with van der Waals surface area (Å²) in [6.45, 7) is 5.89. The Morgan fingerprint density at radius 1 is 1.18 bits per heavy atom. The number of fused-ring (bicyclic) bond motifs is 2. The number of tetrazole rings is 1. The summed E-state index contributed by atoms with van der Waals surface area (Å²) in [5.41, 5.74) is 5.98. The Hall–Kier alpha value is -3.52. The van der Waals surface area contributed by atoms with Gasteiger partial charge in [0.15, 0.2) is 5.82 Å². The second-order valence-corrected chi connectivity index (χ2v) is 8.68. The van der Waals surface area contributed by atoms with Crippen LogP contribution in [0, 0.1) is 13.8 Å². The van der Waals surface area contributed by atoms with E-state index in [4.69, 9.17) is 4.74 Å². The third kappa shape index (κ3) is 3.91. The number of aryl methyl sites for hydroxylation is 3. The number of para-hydroxylation sites is 1. The van der Waals surface area contributed by atoms with Gasteiger partial charge in [-0.2, -0.15) is 0 Å². The number of aromatic nitrogens is 5. The van der Waals surface area contributed by atoms with Gasteiger partial charge in [0.1, 0.15) is 6.04 Å². The number of rotatable bonds is 6. The second-order valence-electron chi connectivity index (χ2n) is 8.68. The summed E-state index contributed by atoms with van der Waals surface area (Å²) in [5.74, 6) is 0.637. The first-order chi connectivity index (χ1) is 16.1. The zero-order valence-corrected chi connectivity index (χ0v) is 19.2. The molecule has 1 atom stereocenters. The maximum atomic E-state index is 13.5. The minimum absolute atomic E-state index is 0.121. The molecule has 0 unspecified atom stereocenters. The zero-order chi connectivity index (χ0) is 22.9. The van der Waals surface area contributed by atoms with E-state index < -0.39 is 6.04 Å². The third-order valence-corrected chi connectivity index (χ3v) is 6.39. The van der Waals surface area contributed by atoms with Crippen LogP contribution < -0.4 is 10.5 Å². The number of hydrogen-bond acceptors (Lipinski definition) is 6. The molecule has 1 N–H and O–H groups in total. The van der Waals surface area contributed by atoms with Gasteiger partial charge in [-0.05, 0) is 71.8 Å². The number of aromatic amines is 1. The van der Waals surface area contributed by atoms with Gasteiger partial charge in [-0.25, -0.2) is 4.68 Å². The highest BCUT2D eigenvalue weighted by molar-refractivity contribution is 5.83. The summed E-state index contributed by atoms with van der Waals surface area (Å²) in [7, 11) is 1.65. The summed E-state index contributed by atoms with van der Waals surface area (Å²) in [6.07, 6.45) is 2.01. The summed E-state index contributed by atoms with van der Waals surface area (Å²) in [6, 6.07) is 14.2. The van der Waals surface area contributed by atoms with Crippen LogP contribution in [-0.4, -0.2) is 45.5 Å². The van der Waals surface area contributed by atoms with Crippen LogP contribution in [0.5, 0.6) is 0 Å². The topological polar surface area (TPSA) is 88.9 Å². The molecule has 2 aromatic heterocycles. The third-order valence-electron chi connectivity index (χ3n) is 6.39. The van der Waals surface area contributed by atoms with Crippen LogP contribution >= 0.6 is 0 Å². The molecule has 2 aromatic carbocycles. The van der Waals surface area contributed by atoms with E-state index in [0.29, 0.717) is 24.5 Å². The van der Waals surface area contributed by atoms with E-state index in [9.17, 15) is 4.79 Å². The van der Waals surface area contributed by atoms with Gasteiger partial charge in [-0.3, -0.25) is 4.79 Å². The summed E-state index contributed by atoms with van der Waals surface area (Å²) < 4.78 is 7.01. The van der Waals surface area contributed by atoms with E-state index in [-0.39, 0.29) is 5.56 Å². The fourth-order valence-corrected chi connectivity index (χ4v) is 4.93. The molecule has 0 amide bonds. The number of nitrogens with zero attached hydrogens (tertiary/aromatic N) is 5. The molecule has 3 heterocycles. The maximum Gasteiger partial charge on any atom is 0.254 e. The number of benzene rings is 2. The molecule has 0 radical (unpaired) electrons. The van der Waals surface area contributed by atoms with Crippen molar-refractivity contribution in [2.24, 2.45) is 0 Å². The largest absolute Gasteiger partial charge is 0.383 e. The van der Waals surface area contributed by atoms with Crippen LogP contribution in [0.25, 0.3) is 10.9 Å². The average molecular weight is 445 g/mol. The second kappa shape index (κ2) is 8.78. The zero-order valence-electron chi connectivity index (χ0n) is 19.2. The van der Waals surface area contributed by atoms with Crippen molar-refractivity contribution in [3.63, 3.8) is 0 Å². The van der Waals surface area contributed by atoms with Crippen LogP contribution in [-0.2, 0) is 17.7 Å². The van der Waals surface area contributed by atoms with Crippen molar-refractivity contribution in [2.75, 3.05) is 25.2 Å². The van der Waals surface area contributed by atoms with Crippen molar-refractivity contribution < 1.29 is 4.74 Å². The van der Waals surface area contributed by atoms with E-state index in [1.807, 2.05) is 19.1 Å². The summed E-state index contributed by atoms with van der Waals surface area (Å²) in [4.78, 5) is 18.9. The summed E-state index contributed by atoms with van der Waals surface area (Å²) in [5, 5.41) is 13.6. The van der Waals surface area contributed by atoms with Gasteiger partial charge in [0.2, 0.25) is 0 Å². The van der Waals surface area contributed by atoms with Gasteiger partial charge in [0.05, 0.1) is 18.7 Å². The monoisotopic (exact) mass is 444 g/mol. The number of H-pyrrole nitrogens is 1. The number of nitrogens with one attached hydrogen (secondary N) is 1. The van der Waals surface area contributed by atoms with Crippen molar-refractivity contribution in [3.05, 3.63) is 80.9 Å². The van der Waals surface area contributed by atoms with Crippen LogP contribution in [0.4, 0.5) is 5.69 Å². The predicted octanol–water partition coefficient (Wildman–Crippen LogP) is 3.32. The molecule has 0 fully saturated rings. The Morgan fingerprint density at radius 3 is 2.88 bits per heavy atom. The molecule has 170 valence electrons. The molecule has 0 spiro atoms. The SMILES string of the molecule is COCCn1nnnc1[C@@H](c1cc2cc(C)cc(C)c2[nH]c1=O)N1CCCc2ccccc21. The highest BCUT2D eigenvalue weighted by Gasteiger charge is 2.33. The van der Waals surface area contributed by atoms with E-state index in [2.05, 4.69) is 62.7 Å². The molecule has 4 aromatic rings. The van der Waals surface area contributed by atoms with Crippen LogP contribution in [0.1, 0.15) is 40.5 Å². The molecule has 5 rings (SSSR count). The Labute approximate surface area is 192 Å². The van der Waals surface area contributed by atoms with E-state index in [1.165, 1.54) is 5.56 Å². The van der Waals surface area contributed by atoms with Crippen molar-refractivity contribution in [2.45, 2.75) is 39.3 Å². The van der Waals surface area contributed by atoms with E-state index in [1.54, 1.807) is 11.8 Å². The number of methoxy groups -OCH3 is 1. The van der Waals surface area contributed by atoms with Crippen LogP contribution in [0.2, 0.25) is 0 Å².